The number of anilines is 3. The van der Waals surface area contributed by atoms with Gasteiger partial charge in [0.15, 0.2) is 0 Å². The van der Waals surface area contributed by atoms with Crippen molar-refractivity contribution in [1.29, 1.82) is 0 Å². The first-order chi connectivity index (χ1) is 27.1. The Morgan fingerprint density at radius 1 is 0.375 bits per heavy atom. The van der Waals surface area contributed by atoms with Crippen molar-refractivity contribution in [2.45, 2.75) is 52.4 Å². The van der Waals surface area contributed by atoms with E-state index in [9.17, 15) is 0 Å². The van der Waals surface area contributed by atoms with Crippen LogP contribution in [0.25, 0.3) is 64.3 Å². The van der Waals surface area contributed by atoms with Gasteiger partial charge in [0, 0.05) is 31.3 Å². The average Bonchev–Trinajstić information content (AvgIpc) is 3.60. The van der Waals surface area contributed by atoms with E-state index in [4.69, 9.17) is 0 Å². The second kappa shape index (κ2) is 14.0. The molecule has 0 N–H and O–H groups in total. The lowest BCUT2D eigenvalue weighted by atomic mass is 9.78. The molecule has 0 radical (unpaired) electrons. The molecular weight excluding hydrogens is 695 g/mol. The topological polar surface area (TPSA) is 3.24 Å². The van der Waals surface area contributed by atoms with Crippen LogP contribution in [0.4, 0.5) is 17.1 Å². The highest BCUT2D eigenvalue weighted by molar-refractivity contribution is 7.26. The standard InChI is InChI=1S/C54H47NS/c1-53(2,3)39-33-38(34-40(35-39)54(4,5)6)42-26-16-21-37-22-17-27-44(51(37)42)43-24-11-14-29-47(43)55(46-28-13-10-23-41(46)36-19-8-7-9-20-36)48-30-18-32-50-52(48)45-25-12-15-31-49(45)56-50/h7-35H,1-6H3. The fourth-order valence-corrected chi connectivity index (χ4v) is 9.34. The first-order valence-corrected chi connectivity index (χ1v) is 20.5. The predicted molar refractivity (Wildman–Crippen MR) is 245 cm³/mol. The monoisotopic (exact) mass is 741 g/mol. The van der Waals surface area contributed by atoms with Gasteiger partial charge < -0.3 is 4.90 Å². The molecule has 8 aromatic carbocycles. The summed E-state index contributed by atoms with van der Waals surface area (Å²) < 4.78 is 2.58. The van der Waals surface area contributed by atoms with Gasteiger partial charge >= 0.3 is 0 Å². The zero-order valence-electron chi connectivity index (χ0n) is 33.1. The third-order valence-corrected chi connectivity index (χ3v) is 12.3. The molecule has 9 rings (SSSR count). The van der Waals surface area contributed by atoms with Crippen LogP contribution in [0.3, 0.4) is 0 Å². The highest BCUT2D eigenvalue weighted by Crippen LogP contribution is 2.50. The number of rotatable bonds is 6. The quantitative estimate of drug-likeness (QED) is 0.164. The van der Waals surface area contributed by atoms with E-state index in [0.717, 1.165) is 11.4 Å². The van der Waals surface area contributed by atoms with E-state index < -0.39 is 0 Å². The van der Waals surface area contributed by atoms with Gasteiger partial charge in [0.1, 0.15) is 0 Å². The summed E-state index contributed by atoms with van der Waals surface area (Å²) in [6.45, 7) is 13.9. The van der Waals surface area contributed by atoms with Crippen molar-refractivity contribution in [3.8, 4) is 33.4 Å². The number of hydrogen-bond donors (Lipinski definition) is 0. The molecule has 0 fully saturated rings. The molecule has 9 aromatic rings. The van der Waals surface area contributed by atoms with Gasteiger partial charge in [0.05, 0.1) is 17.1 Å². The average molecular weight is 742 g/mol. The Kier molecular flexibility index (Phi) is 8.91. The lowest BCUT2D eigenvalue weighted by Gasteiger charge is -2.31. The van der Waals surface area contributed by atoms with Crippen molar-refractivity contribution in [3.05, 3.63) is 187 Å². The van der Waals surface area contributed by atoms with Gasteiger partial charge in [-0.15, -0.1) is 11.3 Å². The summed E-state index contributed by atoms with van der Waals surface area (Å²) >= 11 is 1.87. The number of thiophene rings is 1. The summed E-state index contributed by atoms with van der Waals surface area (Å²) in [5, 5.41) is 5.06. The summed E-state index contributed by atoms with van der Waals surface area (Å²) in [5.41, 5.74) is 13.5. The van der Waals surface area contributed by atoms with E-state index in [1.165, 1.54) is 81.1 Å². The summed E-state index contributed by atoms with van der Waals surface area (Å²) in [6.07, 6.45) is 0. The maximum absolute atomic E-state index is 2.53. The highest BCUT2D eigenvalue weighted by atomic mass is 32.1. The zero-order chi connectivity index (χ0) is 38.6. The van der Waals surface area contributed by atoms with Crippen LogP contribution in [0.1, 0.15) is 52.7 Å². The van der Waals surface area contributed by atoms with Crippen LogP contribution in [-0.4, -0.2) is 0 Å². The van der Waals surface area contributed by atoms with Crippen LogP contribution in [0.15, 0.2) is 176 Å². The Bertz CT molecular complexity index is 2840. The van der Waals surface area contributed by atoms with Crippen molar-refractivity contribution < 1.29 is 0 Å². The van der Waals surface area contributed by atoms with Gasteiger partial charge in [0.2, 0.25) is 0 Å². The molecular formula is C54H47NS. The van der Waals surface area contributed by atoms with E-state index >= 15 is 0 Å². The summed E-state index contributed by atoms with van der Waals surface area (Å²) in [5.74, 6) is 0. The SMILES string of the molecule is CC(C)(C)c1cc(-c2cccc3cccc(-c4ccccc4N(c4ccccc4-c4ccccc4)c4cccc5sc6ccccc6c45)c23)cc(C(C)(C)C)c1. The van der Waals surface area contributed by atoms with Crippen LogP contribution < -0.4 is 4.90 Å². The molecule has 0 atom stereocenters. The van der Waals surface area contributed by atoms with Gasteiger partial charge in [-0.05, 0) is 85.3 Å². The molecule has 0 unspecified atom stereocenters. The Labute approximate surface area is 335 Å². The Balaban J connectivity index is 1.36. The maximum atomic E-state index is 2.53. The molecule has 0 amide bonds. The molecule has 0 saturated carbocycles. The van der Waals surface area contributed by atoms with Crippen LogP contribution in [-0.2, 0) is 10.8 Å². The summed E-state index contributed by atoms with van der Waals surface area (Å²) in [6, 6.07) is 65.2. The molecule has 0 spiro atoms. The number of nitrogens with zero attached hydrogens (tertiary/aromatic N) is 1. The molecule has 274 valence electrons. The van der Waals surface area contributed by atoms with Gasteiger partial charge in [-0.1, -0.05) is 187 Å². The van der Waals surface area contributed by atoms with E-state index in [2.05, 4.69) is 222 Å². The predicted octanol–water partition coefficient (Wildman–Crippen LogP) is 16.3. The van der Waals surface area contributed by atoms with E-state index in [0.29, 0.717) is 0 Å². The summed E-state index contributed by atoms with van der Waals surface area (Å²) in [4.78, 5) is 2.53. The maximum Gasteiger partial charge on any atom is 0.0555 e. The van der Waals surface area contributed by atoms with E-state index in [-0.39, 0.29) is 10.8 Å². The minimum Gasteiger partial charge on any atom is -0.309 e. The van der Waals surface area contributed by atoms with Crippen molar-refractivity contribution in [3.63, 3.8) is 0 Å². The van der Waals surface area contributed by atoms with E-state index in [1.54, 1.807) is 0 Å². The van der Waals surface area contributed by atoms with Crippen molar-refractivity contribution in [1.82, 2.24) is 0 Å². The fraction of sp³-hybridized carbons (Fsp3) is 0.148. The third-order valence-electron chi connectivity index (χ3n) is 11.2. The smallest absolute Gasteiger partial charge is 0.0555 e. The Morgan fingerprint density at radius 2 is 0.893 bits per heavy atom. The van der Waals surface area contributed by atoms with Crippen LogP contribution in [0.5, 0.6) is 0 Å². The second-order valence-corrected chi connectivity index (χ2v) is 18.1. The molecule has 1 nitrogen and oxygen atoms in total. The molecule has 0 bridgehead atoms. The summed E-state index contributed by atoms with van der Waals surface area (Å²) in [7, 11) is 0. The Hall–Kier alpha value is -5.96. The van der Waals surface area contributed by atoms with Gasteiger partial charge in [0.25, 0.3) is 0 Å². The molecule has 2 heteroatoms. The number of fused-ring (bicyclic) bond motifs is 4. The fourth-order valence-electron chi connectivity index (χ4n) is 8.21. The van der Waals surface area contributed by atoms with Gasteiger partial charge in [-0.2, -0.15) is 0 Å². The minimum atomic E-state index is 0.00944. The Morgan fingerprint density at radius 3 is 1.59 bits per heavy atom. The molecule has 0 saturated heterocycles. The molecule has 0 aliphatic rings. The lowest BCUT2D eigenvalue weighted by Crippen LogP contribution is -2.16. The highest BCUT2D eigenvalue weighted by Gasteiger charge is 2.26. The largest absolute Gasteiger partial charge is 0.309 e. The number of para-hydroxylation sites is 2. The first kappa shape index (κ1) is 35.7. The molecule has 1 heterocycles. The van der Waals surface area contributed by atoms with Crippen LogP contribution in [0, 0.1) is 0 Å². The van der Waals surface area contributed by atoms with Crippen molar-refractivity contribution in [2.24, 2.45) is 0 Å². The zero-order valence-corrected chi connectivity index (χ0v) is 33.9. The van der Waals surface area contributed by atoms with Gasteiger partial charge in [-0.25, -0.2) is 0 Å². The lowest BCUT2D eigenvalue weighted by molar-refractivity contribution is 0.569. The number of hydrogen-bond acceptors (Lipinski definition) is 2. The van der Waals surface area contributed by atoms with Crippen LogP contribution >= 0.6 is 11.3 Å². The normalized spacial score (nSPS) is 12.1. The first-order valence-electron chi connectivity index (χ1n) is 19.7. The van der Waals surface area contributed by atoms with E-state index in [1.807, 2.05) is 11.3 Å². The molecule has 56 heavy (non-hydrogen) atoms. The van der Waals surface area contributed by atoms with Crippen molar-refractivity contribution >= 4 is 59.3 Å². The second-order valence-electron chi connectivity index (χ2n) is 17.0. The minimum absolute atomic E-state index is 0.00944. The third kappa shape index (κ3) is 6.38. The number of benzene rings is 8. The van der Waals surface area contributed by atoms with Crippen LogP contribution in [0.2, 0.25) is 0 Å². The molecule has 1 aromatic heterocycles. The van der Waals surface area contributed by atoms with Crippen molar-refractivity contribution in [2.75, 3.05) is 4.90 Å². The molecule has 0 aliphatic carbocycles. The molecule has 0 aliphatic heterocycles. The van der Waals surface area contributed by atoms with Gasteiger partial charge in [-0.3, -0.25) is 0 Å².